The molecule has 0 bridgehead atoms. The average Bonchev–Trinajstić information content (AvgIpc) is 2.57. The number of piperidine rings is 1. The Morgan fingerprint density at radius 1 is 1.20 bits per heavy atom. The molecule has 25 heavy (non-hydrogen) atoms. The lowest BCUT2D eigenvalue weighted by Gasteiger charge is -2.32. The van der Waals surface area contributed by atoms with E-state index in [1.807, 2.05) is 18.2 Å². The molecule has 0 aliphatic carbocycles. The molecular formula is C19H24F3N3. The van der Waals surface area contributed by atoms with E-state index in [9.17, 15) is 13.2 Å². The van der Waals surface area contributed by atoms with Crippen LogP contribution in [0, 0.1) is 0 Å². The minimum atomic E-state index is -4.42. The summed E-state index contributed by atoms with van der Waals surface area (Å²) < 4.78 is 37.8. The lowest BCUT2D eigenvalue weighted by molar-refractivity contribution is -0.0881. The van der Waals surface area contributed by atoms with Crippen LogP contribution in [0.25, 0.3) is 0 Å². The van der Waals surface area contributed by atoms with Crippen LogP contribution in [0.3, 0.4) is 0 Å². The third kappa shape index (κ3) is 6.31. The monoisotopic (exact) mass is 351 g/mol. The highest BCUT2D eigenvalue weighted by molar-refractivity contribution is 5.27. The predicted molar refractivity (Wildman–Crippen MR) is 94.5 cm³/mol. The molecule has 1 aliphatic heterocycles. The van der Waals surface area contributed by atoms with Gasteiger partial charge in [0.2, 0.25) is 0 Å². The normalized spacial score (nSPS) is 18.2. The molecule has 1 heterocycles. The van der Waals surface area contributed by atoms with E-state index in [1.165, 1.54) is 11.6 Å². The Balaban J connectivity index is 1.82. The van der Waals surface area contributed by atoms with Crippen molar-refractivity contribution in [3.8, 4) is 0 Å². The van der Waals surface area contributed by atoms with Gasteiger partial charge in [-0.15, -0.1) is 0 Å². The number of alkyl halides is 3. The molecule has 1 aliphatic rings. The Morgan fingerprint density at radius 3 is 2.40 bits per heavy atom. The summed E-state index contributed by atoms with van der Waals surface area (Å²) in [6.45, 7) is 5.95. The number of rotatable bonds is 6. The van der Waals surface area contributed by atoms with Crippen LogP contribution >= 0.6 is 0 Å². The zero-order chi connectivity index (χ0) is 18.3. The van der Waals surface area contributed by atoms with Crippen molar-refractivity contribution in [3.63, 3.8) is 0 Å². The number of halogens is 3. The van der Waals surface area contributed by atoms with Gasteiger partial charge >= 0.3 is 6.18 Å². The Hall–Kier alpha value is -2.21. The minimum absolute atomic E-state index is 0.176. The zero-order valence-corrected chi connectivity index (χ0v) is 14.1. The second-order valence-electron chi connectivity index (χ2n) is 6.13. The molecule has 3 nitrogen and oxygen atoms in total. The Bertz CT molecular complexity index is 613. The third-order valence-corrected chi connectivity index (χ3v) is 4.20. The maximum atomic E-state index is 12.6. The van der Waals surface area contributed by atoms with Gasteiger partial charge in [0.1, 0.15) is 0 Å². The molecule has 136 valence electrons. The highest BCUT2D eigenvalue weighted by Crippen LogP contribution is 2.26. The summed E-state index contributed by atoms with van der Waals surface area (Å²) in [7, 11) is 0. The highest BCUT2D eigenvalue weighted by Gasteiger charge is 2.30. The fourth-order valence-electron chi connectivity index (χ4n) is 2.82. The molecule has 0 spiro atoms. The number of nitrogens with zero attached hydrogens (tertiary/aromatic N) is 1. The number of allylic oxidation sites excluding steroid dienone is 4. The van der Waals surface area contributed by atoms with E-state index in [2.05, 4.69) is 28.9 Å². The lowest BCUT2D eigenvalue weighted by Crippen LogP contribution is -2.43. The summed E-state index contributed by atoms with van der Waals surface area (Å²) in [5.41, 5.74) is 6.27. The fraction of sp³-hybridized carbons (Fsp3) is 0.368. The molecule has 1 aromatic rings. The van der Waals surface area contributed by atoms with Gasteiger partial charge in [-0.05, 0) is 30.6 Å². The molecule has 0 atom stereocenters. The number of benzene rings is 1. The molecule has 0 unspecified atom stereocenters. The fourth-order valence-corrected chi connectivity index (χ4v) is 2.82. The summed E-state index contributed by atoms with van der Waals surface area (Å²) in [6, 6.07) is 10.4. The van der Waals surface area contributed by atoms with E-state index in [1.54, 1.807) is 0 Å². The van der Waals surface area contributed by atoms with Gasteiger partial charge in [0.15, 0.2) is 0 Å². The molecule has 6 heteroatoms. The first-order chi connectivity index (χ1) is 11.9. The van der Waals surface area contributed by atoms with Crippen molar-refractivity contribution in [2.24, 2.45) is 5.73 Å². The van der Waals surface area contributed by atoms with Gasteiger partial charge in [0.25, 0.3) is 0 Å². The van der Waals surface area contributed by atoms with Crippen LogP contribution < -0.4 is 11.1 Å². The van der Waals surface area contributed by atoms with Crippen molar-refractivity contribution in [1.29, 1.82) is 0 Å². The molecule has 2 rings (SSSR count). The van der Waals surface area contributed by atoms with E-state index in [0.717, 1.165) is 44.6 Å². The molecule has 1 aromatic carbocycles. The third-order valence-electron chi connectivity index (χ3n) is 4.20. The van der Waals surface area contributed by atoms with Crippen LogP contribution in [0.5, 0.6) is 0 Å². The first-order valence-corrected chi connectivity index (χ1v) is 8.28. The average molecular weight is 351 g/mol. The van der Waals surface area contributed by atoms with Crippen molar-refractivity contribution >= 4 is 0 Å². The molecule has 3 N–H and O–H groups in total. The van der Waals surface area contributed by atoms with Crippen molar-refractivity contribution in [2.75, 3.05) is 13.1 Å². The smallest absolute Gasteiger partial charge is 0.386 e. The van der Waals surface area contributed by atoms with Gasteiger partial charge in [-0.25, -0.2) is 0 Å². The summed E-state index contributed by atoms with van der Waals surface area (Å²) in [5.74, 6) is 0.241. The molecule has 0 amide bonds. The second-order valence-corrected chi connectivity index (χ2v) is 6.13. The van der Waals surface area contributed by atoms with E-state index < -0.39 is 11.7 Å². The number of likely N-dealkylation sites (tertiary alicyclic amines) is 1. The van der Waals surface area contributed by atoms with Gasteiger partial charge in [-0.3, -0.25) is 4.90 Å². The predicted octanol–water partition coefficient (Wildman–Crippen LogP) is 3.72. The summed E-state index contributed by atoms with van der Waals surface area (Å²) in [6.07, 6.45) is 0.366. The van der Waals surface area contributed by atoms with Crippen LogP contribution in [0.15, 0.2) is 66.5 Å². The molecular weight excluding hydrogens is 327 g/mol. The summed E-state index contributed by atoms with van der Waals surface area (Å²) >= 11 is 0. The standard InChI is InChI=1S/C19H24F3N3/c1-2-16(19(20,21)22)8-9-18(23)24-17-10-12-25(13-11-17)14-15-6-4-3-5-7-15/h2-9,17,24H,1,10-14,23H2/b16-8+,18-9+. The van der Waals surface area contributed by atoms with Crippen LogP contribution in [0.4, 0.5) is 13.2 Å². The van der Waals surface area contributed by atoms with Crippen LogP contribution in [0.1, 0.15) is 18.4 Å². The number of nitrogens with two attached hydrogens (primary N) is 1. The van der Waals surface area contributed by atoms with Crippen molar-refractivity contribution in [1.82, 2.24) is 10.2 Å². The van der Waals surface area contributed by atoms with E-state index in [-0.39, 0.29) is 11.9 Å². The molecule has 0 radical (unpaired) electrons. The SMILES string of the molecule is C=C/C(=C\C=C(/N)NC1CCN(Cc2ccccc2)CC1)C(F)(F)F. The maximum absolute atomic E-state index is 12.6. The first kappa shape index (κ1) is 19.1. The zero-order valence-electron chi connectivity index (χ0n) is 14.1. The van der Waals surface area contributed by atoms with E-state index >= 15 is 0 Å². The first-order valence-electron chi connectivity index (χ1n) is 8.28. The number of nitrogens with one attached hydrogen (secondary N) is 1. The van der Waals surface area contributed by atoms with E-state index in [4.69, 9.17) is 5.73 Å². The second kappa shape index (κ2) is 8.76. The number of hydrogen-bond donors (Lipinski definition) is 2. The van der Waals surface area contributed by atoms with Gasteiger partial charge < -0.3 is 11.1 Å². The molecule has 0 saturated carbocycles. The van der Waals surface area contributed by atoms with Crippen LogP contribution in [-0.4, -0.2) is 30.2 Å². The van der Waals surface area contributed by atoms with Gasteiger partial charge in [0, 0.05) is 25.7 Å². The Morgan fingerprint density at radius 2 is 1.84 bits per heavy atom. The van der Waals surface area contributed by atoms with Crippen molar-refractivity contribution in [3.05, 3.63) is 72.1 Å². The lowest BCUT2D eigenvalue weighted by atomic mass is 10.0. The van der Waals surface area contributed by atoms with Crippen molar-refractivity contribution in [2.45, 2.75) is 31.6 Å². The minimum Gasteiger partial charge on any atom is -0.386 e. The van der Waals surface area contributed by atoms with Crippen molar-refractivity contribution < 1.29 is 13.2 Å². The molecule has 0 aromatic heterocycles. The van der Waals surface area contributed by atoms with Crippen LogP contribution in [-0.2, 0) is 6.54 Å². The van der Waals surface area contributed by atoms with Crippen LogP contribution in [0.2, 0.25) is 0 Å². The number of hydrogen-bond acceptors (Lipinski definition) is 3. The maximum Gasteiger partial charge on any atom is 0.416 e. The Kier molecular flexibility index (Phi) is 6.70. The Labute approximate surface area is 146 Å². The molecule has 1 fully saturated rings. The van der Waals surface area contributed by atoms with Gasteiger partial charge in [-0.1, -0.05) is 43.0 Å². The largest absolute Gasteiger partial charge is 0.416 e. The summed E-state index contributed by atoms with van der Waals surface area (Å²) in [5, 5.41) is 3.10. The highest BCUT2D eigenvalue weighted by atomic mass is 19.4. The topological polar surface area (TPSA) is 41.3 Å². The van der Waals surface area contributed by atoms with Gasteiger partial charge in [-0.2, -0.15) is 13.2 Å². The molecule has 1 saturated heterocycles. The van der Waals surface area contributed by atoms with E-state index in [0.29, 0.717) is 0 Å². The summed E-state index contributed by atoms with van der Waals surface area (Å²) in [4.78, 5) is 2.37. The quantitative estimate of drug-likeness (QED) is 0.768. The van der Waals surface area contributed by atoms with Gasteiger partial charge in [0.05, 0.1) is 11.4 Å².